The highest BCUT2D eigenvalue weighted by molar-refractivity contribution is 4.67. The van der Waals surface area contributed by atoms with E-state index in [1.807, 2.05) is 13.8 Å². The Balaban J connectivity index is 3.39. The van der Waals surface area contributed by atoms with Crippen molar-refractivity contribution in [1.29, 1.82) is 0 Å². The highest BCUT2D eigenvalue weighted by Gasteiger charge is 2.11. The van der Waals surface area contributed by atoms with Crippen LogP contribution in [0.2, 0.25) is 0 Å². The lowest BCUT2D eigenvalue weighted by Gasteiger charge is -2.24. The Kier molecular flexibility index (Phi) is 7.14. The number of aliphatic hydroxyl groups is 1. The van der Waals surface area contributed by atoms with E-state index < -0.39 is 5.60 Å². The molecule has 0 amide bonds. The van der Waals surface area contributed by atoms with Gasteiger partial charge in [0.2, 0.25) is 0 Å². The zero-order chi connectivity index (χ0) is 11.9. The average Bonchev–Trinajstić information content (AvgIpc) is 2.14. The lowest BCUT2D eigenvalue weighted by atomic mass is 10.1. The summed E-state index contributed by atoms with van der Waals surface area (Å²) >= 11 is 0. The van der Waals surface area contributed by atoms with Gasteiger partial charge in [-0.3, -0.25) is 0 Å². The second kappa shape index (κ2) is 7.20. The number of nitrogens with zero attached hydrogens (tertiary/aromatic N) is 1. The van der Waals surface area contributed by atoms with Gasteiger partial charge in [-0.2, -0.15) is 0 Å². The Labute approximate surface area is 94.9 Å². The van der Waals surface area contributed by atoms with E-state index in [-0.39, 0.29) is 0 Å². The molecule has 0 aliphatic carbocycles. The molecule has 0 heterocycles. The van der Waals surface area contributed by atoms with E-state index >= 15 is 0 Å². The third-order valence-corrected chi connectivity index (χ3v) is 2.90. The predicted octanol–water partition coefficient (Wildman–Crippen LogP) is 1.47. The summed E-state index contributed by atoms with van der Waals surface area (Å²) in [6, 6.07) is 0.654. The summed E-state index contributed by atoms with van der Waals surface area (Å²) in [5, 5.41) is 12.9. The number of hydrogen-bond donors (Lipinski definition) is 2. The van der Waals surface area contributed by atoms with Crippen LogP contribution in [-0.2, 0) is 0 Å². The zero-order valence-electron chi connectivity index (χ0n) is 11.0. The number of nitrogens with one attached hydrogen (secondary N) is 1. The summed E-state index contributed by atoms with van der Waals surface area (Å²) in [5.74, 6) is 0. The van der Waals surface area contributed by atoms with E-state index in [1.54, 1.807) is 0 Å². The molecule has 0 aromatic rings. The van der Waals surface area contributed by atoms with Gasteiger partial charge in [-0.25, -0.2) is 0 Å². The van der Waals surface area contributed by atoms with Gasteiger partial charge in [0.1, 0.15) is 0 Å². The van der Waals surface area contributed by atoms with Crippen molar-refractivity contribution >= 4 is 0 Å². The maximum atomic E-state index is 9.50. The highest BCUT2D eigenvalue weighted by atomic mass is 16.3. The fourth-order valence-corrected chi connectivity index (χ4v) is 1.31. The third-order valence-electron chi connectivity index (χ3n) is 2.90. The van der Waals surface area contributed by atoms with E-state index in [2.05, 4.69) is 31.1 Å². The molecule has 0 aromatic heterocycles. The molecule has 0 aliphatic heterocycles. The second-order valence-electron chi connectivity index (χ2n) is 5.05. The Morgan fingerprint density at radius 2 is 1.93 bits per heavy atom. The molecule has 0 saturated carbocycles. The van der Waals surface area contributed by atoms with Crippen LogP contribution in [0.15, 0.2) is 0 Å². The minimum absolute atomic E-state index is 0.546. The van der Waals surface area contributed by atoms with E-state index in [4.69, 9.17) is 0 Å². The Morgan fingerprint density at radius 1 is 1.33 bits per heavy atom. The Morgan fingerprint density at radius 3 is 2.40 bits per heavy atom. The van der Waals surface area contributed by atoms with Crippen LogP contribution >= 0.6 is 0 Å². The summed E-state index contributed by atoms with van der Waals surface area (Å²) < 4.78 is 0. The van der Waals surface area contributed by atoms with Gasteiger partial charge in [0, 0.05) is 19.1 Å². The monoisotopic (exact) mass is 216 g/mol. The van der Waals surface area contributed by atoms with Crippen LogP contribution in [0.1, 0.15) is 40.5 Å². The molecular weight excluding hydrogens is 188 g/mol. The summed E-state index contributed by atoms with van der Waals surface area (Å²) in [7, 11) is 2.16. The van der Waals surface area contributed by atoms with Crippen LogP contribution in [0.5, 0.6) is 0 Å². The average molecular weight is 216 g/mol. The van der Waals surface area contributed by atoms with Crippen molar-refractivity contribution in [3.8, 4) is 0 Å². The molecule has 0 aliphatic rings. The van der Waals surface area contributed by atoms with Crippen molar-refractivity contribution in [2.45, 2.75) is 52.2 Å². The van der Waals surface area contributed by atoms with E-state index in [0.29, 0.717) is 6.04 Å². The normalized spacial score (nSPS) is 14.6. The van der Waals surface area contributed by atoms with Crippen molar-refractivity contribution in [1.82, 2.24) is 10.2 Å². The molecule has 3 nitrogen and oxygen atoms in total. The lowest BCUT2D eigenvalue weighted by molar-refractivity contribution is 0.0710. The first-order chi connectivity index (χ1) is 6.87. The van der Waals surface area contributed by atoms with Crippen LogP contribution in [0.4, 0.5) is 0 Å². The predicted molar refractivity (Wildman–Crippen MR) is 66.2 cm³/mol. The van der Waals surface area contributed by atoms with E-state index in [1.165, 1.54) is 6.42 Å². The molecule has 2 N–H and O–H groups in total. The van der Waals surface area contributed by atoms with Crippen LogP contribution in [0, 0.1) is 0 Å². The van der Waals surface area contributed by atoms with Crippen molar-refractivity contribution in [2.75, 3.05) is 26.7 Å². The van der Waals surface area contributed by atoms with Gasteiger partial charge in [-0.15, -0.1) is 0 Å². The van der Waals surface area contributed by atoms with E-state index in [9.17, 15) is 5.11 Å². The Hall–Kier alpha value is -0.120. The standard InChI is InChI=1S/C12H28N2O/c1-6-11(2)14(5)10-9-13-8-7-12(3,4)15/h11,13,15H,6-10H2,1-5H3. The molecule has 0 fully saturated rings. The van der Waals surface area contributed by atoms with Crippen LogP contribution in [0.25, 0.3) is 0 Å². The van der Waals surface area contributed by atoms with Gasteiger partial charge in [0.05, 0.1) is 5.60 Å². The van der Waals surface area contributed by atoms with Crippen LogP contribution < -0.4 is 5.32 Å². The zero-order valence-corrected chi connectivity index (χ0v) is 11.0. The third kappa shape index (κ3) is 8.85. The second-order valence-corrected chi connectivity index (χ2v) is 5.05. The first-order valence-electron chi connectivity index (χ1n) is 6.00. The molecule has 0 bridgehead atoms. The minimum Gasteiger partial charge on any atom is -0.390 e. The van der Waals surface area contributed by atoms with Gasteiger partial charge >= 0.3 is 0 Å². The fourth-order valence-electron chi connectivity index (χ4n) is 1.31. The first kappa shape index (κ1) is 14.9. The van der Waals surface area contributed by atoms with Crippen molar-refractivity contribution < 1.29 is 5.11 Å². The van der Waals surface area contributed by atoms with Gasteiger partial charge in [-0.05, 0) is 47.2 Å². The van der Waals surface area contributed by atoms with Gasteiger partial charge in [0.15, 0.2) is 0 Å². The molecule has 0 spiro atoms. The molecule has 92 valence electrons. The van der Waals surface area contributed by atoms with Crippen LogP contribution in [0.3, 0.4) is 0 Å². The summed E-state index contributed by atoms with van der Waals surface area (Å²) in [4.78, 5) is 2.36. The van der Waals surface area contributed by atoms with Crippen LogP contribution in [-0.4, -0.2) is 48.3 Å². The molecule has 0 aromatic carbocycles. The maximum Gasteiger partial charge on any atom is 0.0603 e. The largest absolute Gasteiger partial charge is 0.390 e. The maximum absolute atomic E-state index is 9.50. The number of likely N-dealkylation sites (N-methyl/N-ethyl adjacent to an activating group) is 1. The van der Waals surface area contributed by atoms with Crippen molar-refractivity contribution in [3.63, 3.8) is 0 Å². The minimum atomic E-state index is -0.546. The topological polar surface area (TPSA) is 35.5 Å². The van der Waals surface area contributed by atoms with Gasteiger partial charge in [-0.1, -0.05) is 6.92 Å². The molecule has 3 heteroatoms. The van der Waals surface area contributed by atoms with E-state index in [0.717, 1.165) is 26.1 Å². The molecule has 0 radical (unpaired) electrons. The molecule has 1 unspecified atom stereocenters. The van der Waals surface area contributed by atoms with Gasteiger partial charge in [0.25, 0.3) is 0 Å². The number of hydrogen-bond acceptors (Lipinski definition) is 3. The summed E-state index contributed by atoms with van der Waals surface area (Å²) in [6.45, 7) is 11.1. The summed E-state index contributed by atoms with van der Waals surface area (Å²) in [5.41, 5.74) is -0.546. The first-order valence-corrected chi connectivity index (χ1v) is 6.00. The molecular formula is C12H28N2O. The SMILES string of the molecule is CCC(C)N(C)CCNCCC(C)(C)O. The lowest BCUT2D eigenvalue weighted by Crippen LogP contribution is -2.36. The quantitative estimate of drug-likeness (QED) is 0.603. The van der Waals surface area contributed by atoms with Gasteiger partial charge < -0.3 is 15.3 Å². The van der Waals surface area contributed by atoms with Crippen molar-refractivity contribution in [3.05, 3.63) is 0 Å². The molecule has 0 saturated heterocycles. The molecule has 15 heavy (non-hydrogen) atoms. The number of rotatable bonds is 8. The highest BCUT2D eigenvalue weighted by Crippen LogP contribution is 2.04. The summed E-state index contributed by atoms with van der Waals surface area (Å²) in [6.07, 6.45) is 2.00. The molecule has 0 rings (SSSR count). The Bertz CT molecular complexity index is 154. The smallest absolute Gasteiger partial charge is 0.0603 e. The van der Waals surface area contributed by atoms with Crippen molar-refractivity contribution in [2.24, 2.45) is 0 Å². The fraction of sp³-hybridized carbons (Fsp3) is 1.00. The molecule has 1 atom stereocenters.